The Balaban J connectivity index is 1.29. The zero-order valence-electron chi connectivity index (χ0n) is 32.6. The van der Waals surface area contributed by atoms with Crippen LogP contribution in [-0.2, 0) is 8.85 Å². The van der Waals surface area contributed by atoms with Gasteiger partial charge in [0.05, 0.1) is 0 Å². The van der Waals surface area contributed by atoms with E-state index in [1.165, 1.54) is 31.9 Å². The lowest BCUT2D eigenvalue weighted by molar-refractivity contribution is 0.271. The van der Waals surface area contributed by atoms with Crippen LogP contribution in [0.4, 0.5) is 0 Å². The Morgan fingerprint density at radius 1 is 0.385 bits per heavy atom. The molecule has 0 saturated carbocycles. The van der Waals surface area contributed by atoms with Crippen molar-refractivity contribution in [3.8, 4) is 0 Å². The Hall–Kier alpha value is -3.63. The van der Waals surface area contributed by atoms with Crippen LogP contribution in [0, 0.1) is 0 Å². The molecule has 0 spiro atoms. The van der Waals surface area contributed by atoms with Crippen molar-refractivity contribution in [1.29, 1.82) is 0 Å². The molecular formula is C46H58O2Si4. The van der Waals surface area contributed by atoms with Crippen LogP contribution in [-0.4, -0.2) is 44.2 Å². The molecule has 5 aromatic carbocycles. The lowest BCUT2D eigenvalue weighted by Gasteiger charge is -2.38. The van der Waals surface area contributed by atoms with Crippen molar-refractivity contribution in [3.63, 3.8) is 0 Å². The zero-order chi connectivity index (χ0) is 37.2. The summed E-state index contributed by atoms with van der Waals surface area (Å²) in [5, 5.41) is 5.57. The second-order valence-electron chi connectivity index (χ2n) is 16.1. The fraction of sp³-hybridized carbons (Fsp3) is 0.261. The first-order valence-corrected chi connectivity index (χ1v) is 30.8. The van der Waals surface area contributed by atoms with E-state index in [1.54, 1.807) is 0 Å². The zero-order valence-corrected chi connectivity index (χ0v) is 36.6. The minimum absolute atomic E-state index is 0.170. The Kier molecular flexibility index (Phi) is 13.3. The van der Waals surface area contributed by atoms with Gasteiger partial charge in [0, 0.05) is 11.5 Å². The first-order chi connectivity index (χ1) is 24.8. The van der Waals surface area contributed by atoms with Crippen LogP contribution in [0.2, 0.25) is 52.4 Å². The van der Waals surface area contributed by atoms with E-state index in [1.807, 2.05) is 0 Å². The van der Waals surface area contributed by atoms with Crippen LogP contribution >= 0.6 is 0 Å². The molecule has 2 atom stereocenters. The molecule has 0 aliphatic rings. The molecule has 5 aromatic rings. The molecule has 0 N–H and O–H groups in total. The molecule has 0 radical (unpaired) electrons. The lowest BCUT2D eigenvalue weighted by Crippen LogP contribution is -2.59. The van der Waals surface area contributed by atoms with Gasteiger partial charge in [-0.25, -0.2) is 0 Å². The predicted molar refractivity (Wildman–Crippen MR) is 238 cm³/mol. The summed E-state index contributed by atoms with van der Waals surface area (Å²) in [5.74, 6) is 0. The number of hydrogen-bond donors (Lipinski definition) is 0. The Labute approximate surface area is 318 Å². The maximum absolute atomic E-state index is 7.21. The monoisotopic (exact) mass is 754 g/mol. The van der Waals surface area contributed by atoms with E-state index in [-0.39, 0.29) is 11.5 Å². The first-order valence-electron chi connectivity index (χ1n) is 18.8. The third kappa shape index (κ3) is 10.3. The molecule has 0 fully saturated rings. The summed E-state index contributed by atoms with van der Waals surface area (Å²) in [7, 11) is -8.12. The molecule has 5 rings (SSSR count). The maximum Gasteiger partial charge on any atom is 0.218 e. The summed E-state index contributed by atoms with van der Waals surface area (Å²) in [6.45, 7) is 19.2. The summed E-state index contributed by atoms with van der Waals surface area (Å²) in [6.07, 6.45) is 11.0. The maximum atomic E-state index is 7.21. The van der Waals surface area contributed by atoms with Crippen molar-refractivity contribution in [2.45, 2.75) is 76.7 Å². The smallest absolute Gasteiger partial charge is 0.218 e. The van der Waals surface area contributed by atoms with E-state index in [9.17, 15) is 0 Å². The molecule has 52 heavy (non-hydrogen) atoms. The number of hydrogen-bond acceptors (Lipinski definition) is 2. The van der Waals surface area contributed by atoms with Gasteiger partial charge in [-0.1, -0.05) is 206 Å². The summed E-state index contributed by atoms with van der Waals surface area (Å²) in [4.78, 5) is 0. The third-order valence-electron chi connectivity index (χ3n) is 10.7. The molecule has 0 amide bonds. The summed E-state index contributed by atoms with van der Waals surface area (Å²) in [5.41, 5.74) is 2.76. The van der Waals surface area contributed by atoms with E-state index < -0.39 is 32.8 Å². The highest BCUT2D eigenvalue weighted by atomic mass is 28.4. The quantitative estimate of drug-likeness (QED) is 0.0935. The summed E-state index contributed by atoms with van der Waals surface area (Å²) in [6, 6.07) is 52.6. The lowest BCUT2D eigenvalue weighted by atomic mass is 10.1. The van der Waals surface area contributed by atoms with E-state index in [2.05, 4.69) is 222 Å². The van der Waals surface area contributed by atoms with Crippen LogP contribution < -0.4 is 20.7 Å². The highest BCUT2D eigenvalue weighted by Gasteiger charge is 2.40. The molecule has 0 bridgehead atoms. The van der Waals surface area contributed by atoms with Gasteiger partial charge in [-0.05, 0) is 60.5 Å². The average Bonchev–Trinajstić information content (AvgIpc) is 3.16. The van der Waals surface area contributed by atoms with Crippen LogP contribution in [0.1, 0.15) is 24.0 Å². The molecule has 270 valence electrons. The van der Waals surface area contributed by atoms with Crippen LogP contribution in [0.5, 0.6) is 0 Å². The molecule has 0 aliphatic carbocycles. The highest BCUT2D eigenvalue weighted by Crippen LogP contribution is 2.24. The molecule has 2 nitrogen and oxygen atoms in total. The largest absolute Gasteiger partial charge is 0.412 e. The van der Waals surface area contributed by atoms with Gasteiger partial charge >= 0.3 is 0 Å². The van der Waals surface area contributed by atoms with Gasteiger partial charge < -0.3 is 8.85 Å². The summed E-state index contributed by atoms with van der Waals surface area (Å²) < 4.78 is 14.4. The van der Waals surface area contributed by atoms with Gasteiger partial charge in [0.25, 0.3) is 0 Å². The predicted octanol–water partition coefficient (Wildman–Crippen LogP) is 9.80. The third-order valence-corrected chi connectivity index (χ3v) is 24.0. The molecule has 0 aliphatic heterocycles. The van der Waals surface area contributed by atoms with Crippen molar-refractivity contribution in [2.24, 2.45) is 0 Å². The molecule has 0 heterocycles. The summed E-state index contributed by atoms with van der Waals surface area (Å²) >= 11 is 0. The Morgan fingerprint density at radius 3 is 0.942 bits per heavy atom. The molecule has 6 heteroatoms. The second kappa shape index (κ2) is 17.5. The van der Waals surface area contributed by atoms with Gasteiger partial charge in [-0.2, -0.15) is 0 Å². The normalized spacial score (nSPS) is 14.2. The van der Waals surface area contributed by atoms with Crippen molar-refractivity contribution in [3.05, 3.63) is 169 Å². The van der Waals surface area contributed by atoms with Gasteiger partial charge in [0.2, 0.25) is 16.6 Å². The fourth-order valence-corrected chi connectivity index (χ4v) is 19.3. The molecular weight excluding hydrogens is 697 g/mol. The molecule has 2 unspecified atom stereocenters. The van der Waals surface area contributed by atoms with Gasteiger partial charge in [-0.15, -0.1) is 0 Å². The van der Waals surface area contributed by atoms with E-state index in [0.29, 0.717) is 0 Å². The first kappa shape index (κ1) is 39.6. The van der Waals surface area contributed by atoms with Crippen LogP contribution in [0.3, 0.4) is 0 Å². The van der Waals surface area contributed by atoms with Crippen LogP contribution in [0.15, 0.2) is 158 Å². The van der Waals surface area contributed by atoms with E-state index >= 15 is 0 Å². The van der Waals surface area contributed by atoms with E-state index in [0.717, 1.165) is 12.8 Å². The van der Waals surface area contributed by atoms with Crippen LogP contribution in [0.25, 0.3) is 12.2 Å². The SMILES string of the molecule is C[Si](C)(OC(CC=Cc1ccc(/C=C\CC(O[Si](C)(C)c2ccccc2)[Si](C)(C)c2ccccc2)cc1)[Si](C)(C)c1ccccc1)c1ccccc1. The Morgan fingerprint density at radius 2 is 0.654 bits per heavy atom. The number of rotatable bonds is 16. The van der Waals surface area contributed by atoms with Crippen molar-refractivity contribution in [1.82, 2.24) is 0 Å². The standard InChI is InChI=1S/C46H58O2Si4/c1-49(2,41-25-13-9-14-26-41)45(47-51(5,6)43-29-17-11-18-30-43)33-21-23-39-35-37-40(38-36-39)24-22-34-46(50(3,4)42-27-15-10-16-28-42)48-52(7,8)44-31-19-12-20-32-44/h9-32,35-38,45-46H,33-34H2,1-8H3/b23-21-,24-22?. The van der Waals surface area contributed by atoms with Crippen molar-refractivity contribution in [2.75, 3.05) is 0 Å². The van der Waals surface area contributed by atoms with Crippen molar-refractivity contribution < 1.29 is 8.85 Å². The average molecular weight is 755 g/mol. The number of benzene rings is 5. The van der Waals surface area contributed by atoms with Gasteiger partial charge in [0.15, 0.2) is 0 Å². The van der Waals surface area contributed by atoms with E-state index in [4.69, 9.17) is 8.85 Å². The highest BCUT2D eigenvalue weighted by molar-refractivity contribution is 6.93. The van der Waals surface area contributed by atoms with Gasteiger partial charge in [0.1, 0.15) is 16.1 Å². The minimum atomic E-state index is -2.12. The second-order valence-corrected chi connectivity index (χ2v) is 33.1. The Bertz CT molecular complexity index is 1730. The topological polar surface area (TPSA) is 18.5 Å². The fourth-order valence-electron chi connectivity index (χ4n) is 6.99. The minimum Gasteiger partial charge on any atom is -0.412 e. The van der Waals surface area contributed by atoms with Crippen molar-refractivity contribution >= 4 is 65.7 Å². The molecule has 0 saturated heterocycles. The van der Waals surface area contributed by atoms with Gasteiger partial charge in [-0.3, -0.25) is 0 Å². The molecule has 0 aromatic heterocycles.